The van der Waals surface area contributed by atoms with Crippen LogP contribution in [0.2, 0.25) is 0 Å². The molecule has 4 heteroatoms. The van der Waals surface area contributed by atoms with E-state index in [1.807, 2.05) is 13.8 Å². The van der Waals surface area contributed by atoms with Crippen LogP contribution in [0.5, 0.6) is 17.2 Å². The summed E-state index contributed by atoms with van der Waals surface area (Å²) < 4.78 is 24.7. The van der Waals surface area contributed by atoms with Crippen LogP contribution >= 0.6 is 0 Å². The Morgan fingerprint density at radius 3 is 2.30 bits per heavy atom. The van der Waals surface area contributed by atoms with E-state index in [1.54, 1.807) is 36.4 Å². The third kappa shape index (κ3) is 3.48. The van der Waals surface area contributed by atoms with Gasteiger partial charge in [0.05, 0.1) is 6.61 Å². The fourth-order valence-corrected chi connectivity index (χ4v) is 1.78. The van der Waals surface area contributed by atoms with Gasteiger partial charge in [-0.05, 0) is 55.8 Å². The highest BCUT2D eigenvalue weighted by atomic mass is 19.1. The molecule has 2 aromatic carbocycles. The van der Waals surface area contributed by atoms with E-state index in [0.717, 1.165) is 11.3 Å². The van der Waals surface area contributed by atoms with Crippen molar-refractivity contribution in [2.75, 3.05) is 6.61 Å². The van der Waals surface area contributed by atoms with Crippen LogP contribution in [0.3, 0.4) is 0 Å². The fourth-order valence-electron chi connectivity index (χ4n) is 1.78. The SMILES string of the molecule is CCOc1ccc(Oc2ccc([C@H](C)N)cc2F)cc1. The molecule has 2 rings (SSSR count). The number of benzene rings is 2. The molecule has 106 valence electrons. The third-order valence-electron chi connectivity index (χ3n) is 2.84. The van der Waals surface area contributed by atoms with Crippen molar-refractivity contribution in [1.82, 2.24) is 0 Å². The van der Waals surface area contributed by atoms with Gasteiger partial charge < -0.3 is 15.2 Å². The Bertz CT molecular complexity index is 567. The Kier molecular flexibility index (Phi) is 4.58. The molecule has 0 aliphatic heterocycles. The number of hydrogen-bond acceptors (Lipinski definition) is 3. The second-order valence-corrected chi connectivity index (χ2v) is 4.49. The van der Waals surface area contributed by atoms with Gasteiger partial charge in [-0.2, -0.15) is 0 Å². The third-order valence-corrected chi connectivity index (χ3v) is 2.84. The predicted molar refractivity (Wildman–Crippen MR) is 76.7 cm³/mol. The molecule has 0 unspecified atom stereocenters. The van der Waals surface area contributed by atoms with E-state index in [1.165, 1.54) is 6.07 Å². The van der Waals surface area contributed by atoms with Crippen molar-refractivity contribution in [3.05, 3.63) is 53.8 Å². The van der Waals surface area contributed by atoms with Crippen LogP contribution in [0.1, 0.15) is 25.5 Å². The molecule has 0 saturated carbocycles. The van der Waals surface area contributed by atoms with Crippen LogP contribution in [0.25, 0.3) is 0 Å². The molecule has 0 aliphatic rings. The van der Waals surface area contributed by atoms with Gasteiger partial charge >= 0.3 is 0 Å². The maximum atomic E-state index is 13.9. The minimum Gasteiger partial charge on any atom is -0.494 e. The second kappa shape index (κ2) is 6.39. The summed E-state index contributed by atoms with van der Waals surface area (Å²) in [6.07, 6.45) is 0. The molecule has 0 aliphatic carbocycles. The molecule has 0 amide bonds. The highest BCUT2D eigenvalue weighted by molar-refractivity contribution is 5.37. The van der Waals surface area contributed by atoms with Gasteiger partial charge in [0.2, 0.25) is 0 Å². The first-order valence-corrected chi connectivity index (χ1v) is 6.56. The van der Waals surface area contributed by atoms with Crippen molar-refractivity contribution in [2.45, 2.75) is 19.9 Å². The lowest BCUT2D eigenvalue weighted by Crippen LogP contribution is -2.05. The van der Waals surface area contributed by atoms with E-state index in [4.69, 9.17) is 15.2 Å². The minimum absolute atomic E-state index is 0.179. The van der Waals surface area contributed by atoms with Gasteiger partial charge in [0.25, 0.3) is 0 Å². The van der Waals surface area contributed by atoms with E-state index in [2.05, 4.69) is 0 Å². The van der Waals surface area contributed by atoms with Crippen LogP contribution in [0, 0.1) is 5.82 Å². The number of ether oxygens (including phenoxy) is 2. The summed E-state index contributed by atoms with van der Waals surface area (Å²) in [5.74, 6) is 1.07. The zero-order valence-corrected chi connectivity index (χ0v) is 11.6. The van der Waals surface area contributed by atoms with E-state index >= 15 is 0 Å². The summed E-state index contributed by atoms with van der Waals surface area (Å²) >= 11 is 0. The average Bonchev–Trinajstić information content (AvgIpc) is 2.43. The van der Waals surface area contributed by atoms with Crippen LogP contribution in [0.4, 0.5) is 4.39 Å². The molecule has 0 spiro atoms. The second-order valence-electron chi connectivity index (χ2n) is 4.49. The normalized spacial score (nSPS) is 12.0. The Morgan fingerprint density at radius 2 is 1.75 bits per heavy atom. The lowest BCUT2D eigenvalue weighted by Gasteiger charge is -2.10. The molecule has 0 aromatic heterocycles. The van der Waals surface area contributed by atoms with Crippen molar-refractivity contribution in [3.63, 3.8) is 0 Å². The Balaban J connectivity index is 2.13. The summed E-state index contributed by atoms with van der Waals surface area (Å²) in [6.45, 7) is 4.33. The average molecular weight is 275 g/mol. The maximum absolute atomic E-state index is 13.9. The summed E-state index contributed by atoms with van der Waals surface area (Å²) in [6, 6.07) is 11.6. The lowest BCUT2D eigenvalue weighted by molar-refractivity contribution is 0.339. The molecule has 0 radical (unpaired) electrons. The maximum Gasteiger partial charge on any atom is 0.166 e. The Labute approximate surface area is 118 Å². The molecular formula is C16H18FNO2. The van der Waals surface area contributed by atoms with E-state index in [-0.39, 0.29) is 11.8 Å². The van der Waals surface area contributed by atoms with Crippen molar-refractivity contribution < 1.29 is 13.9 Å². The van der Waals surface area contributed by atoms with E-state index < -0.39 is 5.82 Å². The summed E-state index contributed by atoms with van der Waals surface area (Å²) in [7, 11) is 0. The first-order valence-electron chi connectivity index (χ1n) is 6.56. The van der Waals surface area contributed by atoms with Crippen molar-refractivity contribution in [1.29, 1.82) is 0 Å². The zero-order valence-electron chi connectivity index (χ0n) is 11.6. The van der Waals surface area contributed by atoms with Gasteiger partial charge in [-0.1, -0.05) is 6.07 Å². The fraction of sp³-hybridized carbons (Fsp3) is 0.250. The van der Waals surface area contributed by atoms with E-state index in [0.29, 0.717) is 12.4 Å². The Morgan fingerprint density at radius 1 is 1.10 bits per heavy atom. The van der Waals surface area contributed by atoms with Crippen LogP contribution in [-0.2, 0) is 0 Å². The molecule has 0 fully saturated rings. The predicted octanol–water partition coefficient (Wildman–Crippen LogP) is 4.04. The Hall–Kier alpha value is -2.07. The van der Waals surface area contributed by atoms with Gasteiger partial charge in [-0.15, -0.1) is 0 Å². The van der Waals surface area contributed by atoms with Crippen LogP contribution in [0.15, 0.2) is 42.5 Å². The molecule has 2 aromatic rings. The largest absolute Gasteiger partial charge is 0.494 e. The van der Waals surface area contributed by atoms with E-state index in [9.17, 15) is 4.39 Å². The minimum atomic E-state index is -0.423. The molecule has 0 bridgehead atoms. The number of halogens is 1. The van der Waals surface area contributed by atoms with Crippen molar-refractivity contribution in [3.8, 4) is 17.2 Å². The molecule has 2 N–H and O–H groups in total. The molecule has 3 nitrogen and oxygen atoms in total. The molecule has 0 heterocycles. The van der Waals surface area contributed by atoms with Gasteiger partial charge in [0, 0.05) is 6.04 Å². The molecular weight excluding hydrogens is 257 g/mol. The van der Waals surface area contributed by atoms with Gasteiger partial charge in [0.15, 0.2) is 11.6 Å². The first-order chi connectivity index (χ1) is 9.60. The number of hydrogen-bond donors (Lipinski definition) is 1. The zero-order chi connectivity index (χ0) is 14.5. The molecule has 1 atom stereocenters. The quantitative estimate of drug-likeness (QED) is 0.895. The van der Waals surface area contributed by atoms with Crippen LogP contribution < -0.4 is 15.2 Å². The summed E-state index contributed by atoms with van der Waals surface area (Å²) in [5, 5.41) is 0. The first kappa shape index (κ1) is 14.3. The molecule has 20 heavy (non-hydrogen) atoms. The van der Waals surface area contributed by atoms with Gasteiger partial charge in [-0.25, -0.2) is 4.39 Å². The van der Waals surface area contributed by atoms with Crippen molar-refractivity contribution in [2.24, 2.45) is 5.73 Å². The highest BCUT2D eigenvalue weighted by Crippen LogP contribution is 2.27. The number of nitrogens with two attached hydrogens (primary N) is 1. The van der Waals surface area contributed by atoms with Crippen molar-refractivity contribution >= 4 is 0 Å². The standard InChI is InChI=1S/C16H18FNO2/c1-3-19-13-5-7-14(8-6-13)20-16-9-4-12(11(2)18)10-15(16)17/h4-11H,3,18H2,1-2H3/t11-/m0/s1. The number of rotatable bonds is 5. The summed E-state index contributed by atoms with van der Waals surface area (Å²) in [4.78, 5) is 0. The molecule has 0 saturated heterocycles. The monoisotopic (exact) mass is 275 g/mol. The highest BCUT2D eigenvalue weighted by Gasteiger charge is 2.08. The smallest absolute Gasteiger partial charge is 0.166 e. The summed E-state index contributed by atoms with van der Waals surface area (Å²) in [5.41, 5.74) is 6.45. The van der Waals surface area contributed by atoms with Gasteiger partial charge in [0.1, 0.15) is 11.5 Å². The lowest BCUT2D eigenvalue weighted by atomic mass is 10.1. The topological polar surface area (TPSA) is 44.5 Å². The van der Waals surface area contributed by atoms with Crippen LogP contribution in [-0.4, -0.2) is 6.61 Å². The van der Waals surface area contributed by atoms with Gasteiger partial charge in [-0.3, -0.25) is 0 Å².